The Morgan fingerprint density at radius 1 is 1.00 bits per heavy atom. The Morgan fingerprint density at radius 2 is 1.44 bits per heavy atom. The molecule has 96 valence electrons. The van der Waals surface area contributed by atoms with Gasteiger partial charge in [0.25, 0.3) is 0 Å². The van der Waals surface area contributed by atoms with Crippen molar-refractivity contribution in [2.24, 2.45) is 0 Å². The van der Waals surface area contributed by atoms with Crippen LogP contribution >= 0.6 is 0 Å². The van der Waals surface area contributed by atoms with Crippen molar-refractivity contribution in [3.8, 4) is 5.75 Å². The van der Waals surface area contributed by atoms with Crippen molar-refractivity contribution in [1.82, 2.24) is 0 Å². The molecular weight excluding hydrogens is 214 g/mol. The summed E-state index contributed by atoms with van der Waals surface area (Å²) in [5.74, 6) is 1.62. The van der Waals surface area contributed by atoms with Crippen LogP contribution in [-0.2, 0) is 0 Å². The predicted molar refractivity (Wildman–Crippen MR) is 78.6 cm³/mol. The number of hydrogen-bond donors (Lipinski definition) is 0. The zero-order valence-corrected chi connectivity index (χ0v) is 13.0. The van der Waals surface area contributed by atoms with Gasteiger partial charge in [-0.15, -0.1) is 5.82 Å². The molecule has 18 heavy (non-hydrogen) atoms. The first-order chi connectivity index (χ1) is 8.13. The third kappa shape index (κ3) is 3.59. The molecule has 0 saturated carbocycles. The summed E-state index contributed by atoms with van der Waals surface area (Å²) in [7, 11) is 1.72. The Labute approximate surface area is 125 Å². The number of benzene rings is 1. The fourth-order valence-electron chi connectivity index (χ4n) is 3.24. The van der Waals surface area contributed by atoms with Gasteiger partial charge in [-0.1, -0.05) is 45.4 Å². The fourth-order valence-corrected chi connectivity index (χ4v) is 3.24. The molecule has 0 spiro atoms. The molecule has 0 bridgehead atoms. The van der Waals surface area contributed by atoms with Crippen molar-refractivity contribution in [2.75, 3.05) is 7.11 Å². The first-order valence-corrected chi connectivity index (χ1v) is 6.98. The Kier molecular flexibility index (Phi) is 7.83. The summed E-state index contributed by atoms with van der Waals surface area (Å²) in [4.78, 5) is 0. The molecule has 0 saturated heterocycles. The molecular formula is C15H26BLiO. The van der Waals surface area contributed by atoms with Crippen molar-refractivity contribution in [3.05, 3.63) is 29.8 Å². The van der Waals surface area contributed by atoms with E-state index >= 15 is 0 Å². The standard InChI is InChI=1S/C15H26BO.Li/c1-6-16(7-2,8-3)13(4)14-9-11-15(17-5)12-10-14;/h9-13H,6-8H2,1-5H3;/q-1;+1. The van der Waals surface area contributed by atoms with Crippen LogP contribution in [0, 0.1) is 0 Å². The van der Waals surface area contributed by atoms with Gasteiger partial charge in [-0.3, -0.25) is 0 Å². The van der Waals surface area contributed by atoms with E-state index in [0.29, 0.717) is 5.82 Å². The van der Waals surface area contributed by atoms with E-state index in [2.05, 4.69) is 52.0 Å². The van der Waals surface area contributed by atoms with Crippen molar-refractivity contribution in [2.45, 2.75) is 52.5 Å². The summed E-state index contributed by atoms with van der Waals surface area (Å²) in [6.45, 7) is 9.41. The minimum absolute atomic E-state index is 0. The maximum atomic E-state index is 5.22. The minimum Gasteiger partial charge on any atom is -0.497 e. The molecule has 0 aliphatic carbocycles. The monoisotopic (exact) mass is 240 g/mol. The van der Waals surface area contributed by atoms with Crippen molar-refractivity contribution < 1.29 is 23.6 Å². The van der Waals surface area contributed by atoms with Crippen LogP contribution in [0.4, 0.5) is 0 Å². The van der Waals surface area contributed by atoms with E-state index in [1.807, 2.05) is 0 Å². The van der Waals surface area contributed by atoms with Gasteiger partial charge >= 0.3 is 18.9 Å². The van der Waals surface area contributed by atoms with Crippen molar-refractivity contribution >= 4 is 6.15 Å². The van der Waals surface area contributed by atoms with E-state index in [0.717, 1.165) is 5.75 Å². The molecule has 0 N–H and O–H groups in total. The normalized spacial score (nSPS) is 12.7. The quantitative estimate of drug-likeness (QED) is 0.689. The Hall–Kier alpha value is -0.318. The van der Waals surface area contributed by atoms with Crippen LogP contribution in [0.15, 0.2) is 24.3 Å². The topological polar surface area (TPSA) is 9.23 Å². The SMILES string of the molecule is CC[B-](CC)(CC)C(C)c1ccc(OC)cc1.[Li+]. The van der Waals surface area contributed by atoms with Crippen LogP contribution < -0.4 is 23.6 Å². The molecule has 3 heteroatoms. The van der Waals surface area contributed by atoms with E-state index in [1.165, 1.54) is 24.5 Å². The van der Waals surface area contributed by atoms with Gasteiger partial charge < -0.3 is 4.74 Å². The zero-order valence-electron chi connectivity index (χ0n) is 13.0. The number of methoxy groups -OCH3 is 1. The van der Waals surface area contributed by atoms with Gasteiger partial charge in [-0.05, 0) is 12.1 Å². The summed E-state index contributed by atoms with van der Waals surface area (Å²) in [6.07, 6.45) is 3.65. The van der Waals surface area contributed by atoms with Gasteiger partial charge in [0.1, 0.15) is 5.75 Å². The van der Waals surface area contributed by atoms with E-state index < -0.39 is 0 Å². The van der Waals surface area contributed by atoms with Gasteiger partial charge in [0.15, 0.2) is 0 Å². The summed E-state index contributed by atoms with van der Waals surface area (Å²) < 4.78 is 5.22. The Bertz CT molecular complexity index is 325. The number of rotatable bonds is 6. The number of hydrogen-bond acceptors (Lipinski definition) is 1. The third-order valence-corrected chi connectivity index (χ3v) is 5.14. The Balaban J connectivity index is 0.00000289. The van der Waals surface area contributed by atoms with E-state index in [-0.39, 0.29) is 25.0 Å². The van der Waals surface area contributed by atoms with Crippen LogP contribution in [0.1, 0.15) is 39.1 Å². The molecule has 1 unspecified atom stereocenters. The summed E-state index contributed by atoms with van der Waals surface area (Å²) in [6, 6.07) is 8.60. The Morgan fingerprint density at radius 3 is 1.78 bits per heavy atom. The third-order valence-electron chi connectivity index (χ3n) is 5.14. The average molecular weight is 240 g/mol. The van der Waals surface area contributed by atoms with Crippen LogP contribution in [0.5, 0.6) is 5.75 Å². The van der Waals surface area contributed by atoms with Gasteiger partial charge in [0.05, 0.1) is 7.11 Å². The first-order valence-electron chi connectivity index (χ1n) is 6.98. The van der Waals surface area contributed by atoms with Gasteiger partial charge in [0, 0.05) is 6.15 Å². The molecule has 0 amide bonds. The first kappa shape index (κ1) is 17.7. The van der Waals surface area contributed by atoms with Crippen molar-refractivity contribution in [1.29, 1.82) is 0 Å². The maximum Gasteiger partial charge on any atom is 1.00 e. The summed E-state index contributed by atoms with van der Waals surface area (Å²) in [5, 5.41) is 0. The largest absolute Gasteiger partial charge is 1.00 e. The maximum absolute atomic E-state index is 5.22. The molecule has 1 aromatic carbocycles. The smallest absolute Gasteiger partial charge is 0.497 e. The molecule has 0 aromatic heterocycles. The predicted octanol–water partition coefficient (Wildman–Crippen LogP) is 1.85. The zero-order chi connectivity index (χ0) is 12.9. The second-order valence-corrected chi connectivity index (χ2v) is 5.36. The van der Waals surface area contributed by atoms with E-state index in [4.69, 9.17) is 4.74 Å². The van der Waals surface area contributed by atoms with Crippen LogP contribution in [-0.4, -0.2) is 13.3 Å². The molecule has 0 aliphatic rings. The van der Waals surface area contributed by atoms with Crippen LogP contribution in [0.3, 0.4) is 0 Å². The average Bonchev–Trinajstić information content (AvgIpc) is 2.41. The number of ether oxygens (including phenoxy) is 1. The van der Waals surface area contributed by atoms with Crippen molar-refractivity contribution in [3.63, 3.8) is 0 Å². The molecule has 0 fully saturated rings. The van der Waals surface area contributed by atoms with Gasteiger partial charge in [-0.25, -0.2) is 0 Å². The van der Waals surface area contributed by atoms with Crippen LogP contribution in [0.25, 0.3) is 0 Å². The molecule has 0 aliphatic heterocycles. The molecule has 1 atom stereocenters. The molecule has 1 aromatic rings. The molecule has 0 radical (unpaired) electrons. The second-order valence-electron chi connectivity index (χ2n) is 5.36. The van der Waals surface area contributed by atoms with E-state index in [1.54, 1.807) is 7.11 Å². The molecule has 1 nitrogen and oxygen atoms in total. The molecule has 1 rings (SSSR count). The summed E-state index contributed by atoms with van der Waals surface area (Å²) >= 11 is 0. The van der Waals surface area contributed by atoms with Crippen LogP contribution in [0.2, 0.25) is 19.0 Å². The summed E-state index contributed by atoms with van der Waals surface area (Å²) in [5.41, 5.74) is 1.45. The fraction of sp³-hybridized carbons (Fsp3) is 0.600. The van der Waals surface area contributed by atoms with Gasteiger partial charge in [-0.2, -0.15) is 19.0 Å². The van der Waals surface area contributed by atoms with E-state index in [9.17, 15) is 0 Å². The molecule has 0 heterocycles. The second kappa shape index (κ2) is 7.97. The minimum atomic E-state index is -0.267. The van der Waals surface area contributed by atoms with Gasteiger partial charge in [0.2, 0.25) is 0 Å².